The summed E-state index contributed by atoms with van der Waals surface area (Å²) in [4.78, 5) is 33.5. The van der Waals surface area contributed by atoms with Crippen molar-refractivity contribution in [2.45, 2.75) is 77.5 Å². The van der Waals surface area contributed by atoms with Crippen LogP contribution in [0.15, 0.2) is 61.2 Å². The third-order valence-electron chi connectivity index (χ3n) is 8.54. The molecule has 6 nitrogen and oxygen atoms in total. The quantitative estimate of drug-likeness (QED) is 0.283. The molecule has 2 saturated heterocycles. The largest absolute Gasteiger partial charge is 0.444 e. The van der Waals surface area contributed by atoms with Crippen LogP contribution in [0.2, 0.25) is 10.0 Å². The van der Waals surface area contributed by atoms with E-state index in [0.29, 0.717) is 36.0 Å². The highest BCUT2D eigenvalue weighted by molar-refractivity contribution is 6.30. The molecule has 0 saturated carbocycles. The van der Waals surface area contributed by atoms with Crippen LogP contribution in [0.3, 0.4) is 0 Å². The zero-order chi connectivity index (χ0) is 30.7. The molecular formula is C34H45Cl2N3O3. The third-order valence-corrected chi connectivity index (χ3v) is 9.03. The Hall–Kier alpha value is -2.54. The van der Waals surface area contributed by atoms with Crippen LogP contribution in [0.1, 0.15) is 77.0 Å². The fourth-order valence-corrected chi connectivity index (χ4v) is 6.76. The fraction of sp³-hybridized carbons (Fsp3) is 0.529. The molecule has 4 atom stereocenters. The average molecular weight is 615 g/mol. The van der Waals surface area contributed by atoms with Crippen LogP contribution in [0.5, 0.6) is 0 Å². The lowest BCUT2D eigenvalue weighted by Crippen LogP contribution is -2.59. The minimum Gasteiger partial charge on any atom is -0.444 e. The number of nitrogens with zero attached hydrogens (tertiary/aromatic N) is 3. The van der Waals surface area contributed by atoms with E-state index in [1.807, 2.05) is 69.3 Å². The number of likely N-dealkylation sites (tertiary alicyclic amines) is 1. The van der Waals surface area contributed by atoms with Crippen molar-refractivity contribution < 1.29 is 14.3 Å². The molecule has 2 aromatic carbocycles. The van der Waals surface area contributed by atoms with Crippen LogP contribution in [-0.4, -0.2) is 71.1 Å². The Morgan fingerprint density at radius 1 is 1.07 bits per heavy atom. The Labute approximate surface area is 261 Å². The van der Waals surface area contributed by atoms with Crippen LogP contribution in [0, 0.1) is 5.41 Å². The molecule has 0 unspecified atom stereocenters. The van der Waals surface area contributed by atoms with Crippen LogP contribution in [0.25, 0.3) is 0 Å². The molecule has 0 spiro atoms. The number of amides is 2. The van der Waals surface area contributed by atoms with Crippen molar-refractivity contribution in [3.05, 3.63) is 82.4 Å². The lowest BCUT2D eigenvalue weighted by atomic mass is 9.67. The number of carbonyl (C=O) groups is 2. The molecule has 0 aliphatic carbocycles. The van der Waals surface area contributed by atoms with Crippen LogP contribution in [0.4, 0.5) is 4.79 Å². The number of hydrogen-bond donors (Lipinski definition) is 0. The van der Waals surface area contributed by atoms with Gasteiger partial charge in [0.1, 0.15) is 5.60 Å². The van der Waals surface area contributed by atoms with Gasteiger partial charge in [0.15, 0.2) is 0 Å². The van der Waals surface area contributed by atoms with E-state index in [1.54, 1.807) is 4.90 Å². The molecule has 42 heavy (non-hydrogen) atoms. The summed E-state index contributed by atoms with van der Waals surface area (Å²) in [5.41, 5.74) is 1.06. The first-order chi connectivity index (χ1) is 19.8. The lowest BCUT2D eigenvalue weighted by Gasteiger charge is -2.53. The first kappa shape index (κ1) is 32.4. The second kappa shape index (κ2) is 13.4. The molecule has 2 aliphatic heterocycles. The fourth-order valence-electron chi connectivity index (χ4n) is 6.44. The van der Waals surface area contributed by atoms with Crippen LogP contribution >= 0.6 is 23.2 Å². The number of piperidine rings is 1. The van der Waals surface area contributed by atoms with Gasteiger partial charge in [-0.15, -0.1) is 6.58 Å². The minimum atomic E-state index is -0.597. The van der Waals surface area contributed by atoms with Gasteiger partial charge in [-0.1, -0.05) is 67.4 Å². The highest BCUT2D eigenvalue weighted by atomic mass is 35.5. The van der Waals surface area contributed by atoms with Gasteiger partial charge < -0.3 is 14.5 Å². The highest BCUT2D eigenvalue weighted by Crippen LogP contribution is 2.52. The molecule has 2 heterocycles. The number of piperazine rings is 1. The van der Waals surface area contributed by atoms with Crippen LogP contribution < -0.4 is 0 Å². The van der Waals surface area contributed by atoms with Gasteiger partial charge in [0.2, 0.25) is 5.91 Å². The first-order valence-corrected chi connectivity index (χ1v) is 15.8. The summed E-state index contributed by atoms with van der Waals surface area (Å²) < 4.78 is 5.59. The molecule has 228 valence electrons. The Balaban J connectivity index is 1.67. The van der Waals surface area contributed by atoms with Gasteiger partial charge in [0.05, 0.1) is 11.5 Å². The van der Waals surface area contributed by atoms with E-state index in [0.717, 1.165) is 37.2 Å². The SMILES string of the molecule is C=CC[C@@]1(C)C[C@H](c2cccc(Cl)c2)[C@@H](c2ccc(Cl)cc2)N([C@H](CC)CN2CCN(C(=O)OC(C)(C)C)CC2)C1=O. The van der Waals surface area contributed by atoms with Crippen molar-refractivity contribution in [2.75, 3.05) is 32.7 Å². The molecule has 0 N–H and O–H groups in total. The summed E-state index contributed by atoms with van der Waals surface area (Å²) in [5, 5.41) is 1.35. The second-order valence-electron chi connectivity index (χ2n) is 13.0. The van der Waals surface area contributed by atoms with Crippen molar-refractivity contribution in [1.29, 1.82) is 0 Å². The second-order valence-corrected chi connectivity index (χ2v) is 13.8. The van der Waals surface area contributed by atoms with E-state index >= 15 is 0 Å². The van der Waals surface area contributed by atoms with Crippen molar-refractivity contribution in [3.8, 4) is 0 Å². The van der Waals surface area contributed by atoms with Crippen molar-refractivity contribution in [2.24, 2.45) is 5.41 Å². The Bertz CT molecular complexity index is 1250. The van der Waals surface area contributed by atoms with E-state index in [-0.39, 0.29) is 30.0 Å². The summed E-state index contributed by atoms with van der Waals surface area (Å²) in [6, 6.07) is 15.7. The van der Waals surface area contributed by atoms with E-state index < -0.39 is 11.0 Å². The predicted octanol–water partition coefficient (Wildman–Crippen LogP) is 7.96. The lowest BCUT2D eigenvalue weighted by molar-refractivity contribution is -0.155. The van der Waals surface area contributed by atoms with Gasteiger partial charge in [-0.2, -0.15) is 0 Å². The zero-order valence-corrected chi connectivity index (χ0v) is 27.1. The number of ether oxygens (including phenoxy) is 1. The Morgan fingerprint density at radius 3 is 2.31 bits per heavy atom. The van der Waals surface area contributed by atoms with Gasteiger partial charge in [0, 0.05) is 54.7 Å². The smallest absolute Gasteiger partial charge is 0.410 e. The number of rotatable bonds is 8. The Morgan fingerprint density at radius 2 is 1.74 bits per heavy atom. The number of hydrogen-bond acceptors (Lipinski definition) is 4. The monoisotopic (exact) mass is 613 g/mol. The summed E-state index contributed by atoms with van der Waals surface area (Å²) in [6.07, 6.45) is 3.68. The molecular weight excluding hydrogens is 569 g/mol. The van der Waals surface area contributed by atoms with Gasteiger partial charge in [-0.05, 0) is 75.4 Å². The van der Waals surface area contributed by atoms with Gasteiger partial charge >= 0.3 is 6.09 Å². The Kier molecular flexibility index (Phi) is 10.3. The van der Waals surface area contributed by atoms with E-state index in [1.165, 1.54) is 0 Å². The molecule has 0 aromatic heterocycles. The maximum absolute atomic E-state index is 14.6. The van der Waals surface area contributed by atoms with Crippen molar-refractivity contribution in [3.63, 3.8) is 0 Å². The molecule has 0 bridgehead atoms. The zero-order valence-electron chi connectivity index (χ0n) is 25.6. The minimum absolute atomic E-state index is 0.0302. The molecule has 2 aromatic rings. The number of carbonyl (C=O) groups excluding carboxylic acids is 2. The summed E-state index contributed by atoms with van der Waals surface area (Å²) in [6.45, 7) is 17.3. The van der Waals surface area contributed by atoms with Gasteiger partial charge in [0.25, 0.3) is 0 Å². The third kappa shape index (κ3) is 7.50. The number of halogens is 2. The molecule has 2 aliphatic rings. The van der Waals surface area contributed by atoms with E-state index in [4.69, 9.17) is 27.9 Å². The summed E-state index contributed by atoms with van der Waals surface area (Å²) >= 11 is 12.8. The van der Waals surface area contributed by atoms with Crippen LogP contribution in [-0.2, 0) is 9.53 Å². The normalized spacial score (nSPS) is 24.4. The standard InChI is InChI=1S/C34H45Cl2N3O3/c1-7-16-34(6)22-29(25-10-9-11-27(36)21-25)30(24-12-14-26(35)15-13-24)39(31(34)40)28(8-2)23-37-17-19-38(20-18-37)32(41)42-33(3,4)5/h7,9-15,21,28-30H,1,8,16-20,22-23H2,2-6H3/t28-,29-,30-,34+/m1/s1. The van der Waals surface area contributed by atoms with Crippen molar-refractivity contribution >= 4 is 35.2 Å². The maximum atomic E-state index is 14.6. The number of benzene rings is 2. The molecule has 0 radical (unpaired) electrons. The predicted molar refractivity (Wildman–Crippen MR) is 171 cm³/mol. The van der Waals surface area contributed by atoms with Crippen molar-refractivity contribution in [1.82, 2.24) is 14.7 Å². The van der Waals surface area contributed by atoms with Gasteiger partial charge in [-0.25, -0.2) is 4.79 Å². The molecule has 8 heteroatoms. The first-order valence-electron chi connectivity index (χ1n) is 15.0. The topological polar surface area (TPSA) is 53.1 Å². The summed E-state index contributed by atoms with van der Waals surface area (Å²) in [5.74, 6) is 0.186. The average Bonchev–Trinajstić information content (AvgIpc) is 2.93. The summed E-state index contributed by atoms with van der Waals surface area (Å²) in [7, 11) is 0. The maximum Gasteiger partial charge on any atom is 0.410 e. The van der Waals surface area contributed by atoms with Gasteiger partial charge in [-0.3, -0.25) is 9.69 Å². The number of allylic oxidation sites excluding steroid dienone is 1. The molecule has 2 amide bonds. The highest BCUT2D eigenvalue weighted by Gasteiger charge is 2.51. The van der Waals surface area contributed by atoms with E-state index in [2.05, 4.69) is 36.3 Å². The van der Waals surface area contributed by atoms with E-state index in [9.17, 15) is 9.59 Å². The molecule has 2 fully saturated rings. The molecule has 4 rings (SSSR count).